The molecule has 1 saturated heterocycles. The van der Waals surface area contributed by atoms with Crippen LogP contribution >= 0.6 is 0 Å². The number of benzene rings is 2. The van der Waals surface area contributed by atoms with Gasteiger partial charge >= 0.3 is 18.2 Å². The number of alkyl carbamates (subject to hydrolysis) is 1. The average molecular weight is 835 g/mol. The molecule has 5 rings (SSSR count). The number of rotatable bonds is 13. The van der Waals surface area contributed by atoms with Crippen LogP contribution in [0.2, 0.25) is 0 Å². The average Bonchev–Trinajstić information content (AvgIpc) is 3.84. The van der Waals surface area contributed by atoms with Crippen LogP contribution < -0.4 is 5.32 Å². The summed E-state index contributed by atoms with van der Waals surface area (Å²) in [5, 5.41) is 2.55. The number of imidazole rings is 1. The van der Waals surface area contributed by atoms with Gasteiger partial charge in [-0.15, -0.1) is 0 Å². The molecule has 2 aromatic carbocycles. The van der Waals surface area contributed by atoms with Crippen molar-refractivity contribution in [1.29, 1.82) is 0 Å². The molecule has 2 unspecified atom stereocenters. The van der Waals surface area contributed by atoms with Gasteiger partial charge in [-0.1, -0.05) is 51.1 Å². The Balaban J connectivity index is 1.56. The van der Waals surface area contributed by atoms with Gasteiger partial charge in [0, 0.05) is 69.5 Å². The number of aromatic nitrogens is 2. The molecule has 5 amide bonds. The molecule has 15 nitrogen and oxygen atoms in total. The minimum atomic E-state index is -1.30. The second-order valence-corrected chi connectivity index (χ2v) is 16.9. The van der Waals surface area contributed by atoms with Crippen molar-refractivity contribution >= 4 is 35.9 Å². The molecule has 3 aromatic rings. The molecule has 0 aliphatic carbocycles. The summed E-state index contributed by atoms with van der Waals surface area (Å²) in [5.74, 6) is -4.22. The molecule has 322 valence electrons. The maximum atomic E-state index is 15.3. The van der Waals surface area contributed by atoms with Gasteiger partial charge in [0.1, 0.15) is 29.2 Å². The fraction of sp³-hybridized carbons (Fsp3) is 0.465. The maximum absolute atomic E-state index is 15.3. The van der Waals surface area contributed by atoms with Gasteiger partial charge in [0.05, 0.1) is 18.3 Å². The number of carbonyl (C=O) groups is 6. The van der Waals surface area contributed by atoms with Crippen LogP contribution in [0.1, 0.15) is 72.8 Å². The van der Waals surface area contributed by atoms with E-state index in [0.29, 0.717) is 5.82 Å². The Hall–Kier alpha value is -6.13. The maximum Gasteiger partial charge on any atom is 0.410 e. The van der Waals surface area contributed by atoms with Crippen LogP contribution in [0.5, 0.6) is 0 Å². The number of ether oxygens (including phenoxy) is 3. The Kier molecular flexibility index (Phi) is 13.8. The van der Waals surface area contributed by atoms with E-state index in [2.05, 4.69) is 5.32 Å². The number of nitrogens with one attached hydrogen (secondary N) is 1. The summed E-state index contributed by atoms with van der Waals surface area (Å²) >= 11 is 0. The first kappa shape index (κ1) is 45.0. The molecular formula is C43H52F2N6O9. The van der Waals surface area contributed by atoms with Crippen molar-refractivity contribution in [3.05, 3.63) is 89.9 Å². The molecule has 0 saturated carbocycles. The highest BCUT2D eigenvalue weighted by molar-refractivity contribution is 6.12. The van der Waals surface area contributed by atoms with Crippen molar-refractivity contribution in [3.63, 3.8) is 0 Å². The van der Waals surface area contributed by atoms with Crippen molar-refractivity contribution in [2.45, 2.75) is 85.8 Å². The van der Waals surface area contributed by atoms with E-state index in [9.17, 15) is 33.2 Å². The Labute approximate surface area is 347 Å². The number of nitrogens with zero attached hydrogens (tertiary/aromatic N) is 5. The summed E-state index contributed by atoms with van der Waals surface area (Å²) in [7, 11) is 0. The molecule has 60 heavy (non-hydrogen) atoms. The lowest BCUT2D eigenvalue weighted by Crippen LogP contribution is -2.50. The van der Waals surface area contributed by atoms with E-state index in [1.165, 1.54) is 23.6 Å². The number of imide groups is 1. The molecule has 2 aliphatic heterocycles. The zero-order valence-corrected chi connectivity index (χ0v) is 35.1. The third kappa shape index (κ3) is 11.3. The van der Waals surface area contributed by atoms with Gasteiger partial charge in [0.15, 0.2) is 6.10 Å². The molecule has 4 atom stereocenters. The van der Waals surface area contributed by atoms with Gasteiger partial charge in [0.25, 0.3) is 17.7 Å². The number of esters is 1. The summed E-state index contributed by atoms with van der Waals surface area (Å²) in [6.45, 7) is 13.0. The summed E-state index contributed by atoms with van der Waals surface area (Å²) in [6, 6.07) is 11.4. The van der Waals surface area contributed by atoms with Crippen LogP contribution in [0.25, 0.3) is 11.3 Å². The lowest BCUT2D eigenvalue weighted by atomic mass is 9.83. The molecule has 1 fully saturated rings. The zero-order valence-electron chi connectivity index (χ0n) is 35.1. The van der Waals surface area contributed by atoms with Gasteiger partial charge in [-0.3, -0.25) is 24.1 Å². The van der Waals surface area contributed by atoms with E-state index in [1.807, 2.05) is 51.1 Å². The van der Waals surface area contributed by atoms with Crippen molar-refractivity contribution in [3.8, 4) is 11.3 Å². The number of hydrogen-bond donors (Lipinski definition) is 1. The van der Waals surface area contributed by atoms with Crippen molar-refractivity contribution in [2.24, 2.45) is 11.3 Å². The number of halogens is 2. The van der Waals surface area contributed by atoms with E-state index in [0.717, 1.165) is 40.8 Å². The number of carbonyl (C=O) groups excluding carboxylic acids is 6. The predicted molar refractivity (Wildman–Crippen MR) is 214 cm³/mol. The van der Waals surface area contributed by atoms with Gasteiger partial charge in [-0.05, 0) is 56.9 Å². The van der Waals surface area contributed by atoms with Crippen LogP contribution in [0.4, 0.5) is 18.4 Å². The van der Waals surface area contributed by atoms with Crippen LogP contribution in [-0.4, -0.2) is 111 Å². The van der Waals surface area contributed by atoms with Gasteiger partial charge in [0.2, 0.25) is 0 Å². The highest BCUT2D eigenvalue weighted by Crippen LogP contribution is 2.41. The lowest BCUT2D eigenvalue weighted by molar-refractivity contribution is -0.161. The van der Waals surface area contributed by atoms with Gasteiger partial charge in [-0.2, -0.15) is 0 Å². The second-order valence-electron chi connectivity index (χ2n) is 16.9. The number of likely N-dealkylation sites (tertiary alicyclic amines) is 1. The lowest BCUT2D eigenvalue weighted by Gasteiger charge is -2.42. The molecule has 17 heteroatoms. The topological polar surface area (TPSA) is 170 Å². The SMILES string of the molecule is CC(=O)O[C@@H](C)C(=O)N(CC1CN(C(=O)OC(C)(C)C)CC1OC(=O)NCCN1C(=O)C=CC1=O)[C@@H](c1nc(-c2cc(F)ccc2F)cn1Cc1ccccc1)C(C)(C)C. The molecule has 0 radical (unpaired) electrons. The standard InChI is InChI=1S/C43H52F2N6O9/c1-26(58-27(2)52)39(55)51(23-29-22-49(41(57)60-43(6,7)8)25-34(29)59-40(56)46-18-19-50-35(53)16-17-36(50)54)37(42(3,4)5)38-47-33(31-20-30(44)14-15-32(31)45)24-48(38)21-28-12-10-9-11-13-28/h9-17,20,24,26,29,34,37H,18-19,21-23,25H2,1-8H3,(H,46,56)/t26-,29?,34?,37-/m0/s1. The van der Waals surface area contributed by atoms with Crippen molar-refractivity contribution in [1.82, 2.24) is 29.6 Å². The van der Waals surface area contributed by atoms with E-state index >= 15 is 4.39 Å². The third-order valence-corrected chi connectivity index (χ3v) is 9.79. The molecular weight excluding hydrogens is 783 g/mol. The normalized spacial score (nSPS) is 17.7. The first-order valence-corrected chi connectivity index (χ1v) is 19.6. The van der Waals surface area contributed by atoms with Crippen molar-refractivity contribution in [2.75, 3.05) is 32.7 Å². The van der Waals surface area contributed by atoms with Gasteiger partial charge in [-0.25, -0.2) is 23.4 Å². The first-order chi connectivity index (χ1) is 28.1. The predicted octanol–water partition coefficient (Wildman–Crippen LogP) is 5.63. The highest BCUT2D eigenvalue weighted by atomic mass is 19.1. The Morgan fingerprint density at radius 1 is 0.967 bits per heavy atom. The summed E-state index contributed by atoms with van der Waals surface area (Å²) in [4.78, 5) is 86.4. The molecule has 3 heterocycles. The molecule has 0 bridgehead atoms. The number of amides is 5. The summed E-state index contributed by atoms with van der Waals surface area (Å²) in [6.07, 6.45) is -0.0601. The third-order valence-electron chi connectivity index (χ3n) is 9.79. The fourth-order valence-electron chi connectivity index (χ4n) is 7.21. The first-order valence-electron chi connectivity index (χ1n) is 19.6. The van der Waals surface area contributed by atoms with Crippen LogP contribution in [-0.2, 0) is 39.9 Å². The van der Waals surface area contributed by atoms with E-state index in [1.54, 1.807) is 31.5 Å². The largest absolute Gasteiger partial charge is 0.453 e. The minimum Gasteiger partial charge on any atom is -0.453 e. The summed E-state index contributed by atoms with van der Waals surface area (Å²) < 4.78 is 48.6. The zero-order chi connectivity index (χ0) is 44.1. The molecule has 1 N–H and O–H groups in total. The van der Waals surface area contributed by atoms with Crippen LogP contribution in [0.3, 0.4) is 0 Å². The molecule has 1 aromatic heterocycles. The monoisotopic (exact) mass is 834 g/mol. The minimum absolute atomic E-state index is 0.0316. The Morgan fingerprint density at radius 2 is 1.63 bits per heavy atom. The second kappa shape index (κ2) is 18.4. The number of hydrogen-bond acceptors (Lipinski definition) is 10. The van der Waals surface area contributed by atoms with Crippen LogP contribution in [0, 0.1) is 23.0 Å². The molecule has 2 aliphatic rings. The molecule has 0 spiro atoms. The fourth-order valence-corrected chi connectivity index (χ4v) is 7.21. The van der Waals surface area contributed by atoms with Crippen LogP contribution in [0.15, 0.2) is 66.9 Å². The Bertz CT molecular complexity index is 2110. The van der Waals surface area contributed by atoms with E-state index in [-0.39, 0.29) is 50.5 Å². The highest BCUT2D eigenvalue weighted by Gasteiger charge is 2.46. The van der Waals surface area contributed by atoms with Gasteiger partial charge < -0.3 is 33.9 Å². The van der Waals surface area contributed by atoms with Crippen molar-refractivity contribution < 1.29 is 51.8 Å². The smallest absolute Gasteiger partial charge is 0.410 e. The summed E-state index contributed by atoms with van der Waals surface area (Å²) in [5.41, 5.74) is -0.857. The van der Waals surface area contributed by atoms with E-state index in [4.69, 9.17) is 19.2 Å². The quantitative estimate of drug-likeness (QED) is 0.129. The Morgan fingerprint density at radius 3 is 2.25 bits per heavy atom. The van der Waals surface area contributed by atoms with E-state index < -0.39 is 82.7 Å².